The Kier molecular flexibility index (Phi) is 12.9. The molecule has 1 amide bonds. The van der Waals surface area contributed by atoms with Crippen LogP contribution in [-0.2, 0) is 9.36 Å². The van der Waals surface area contributed by atoms with Crippen molar-refractivity contribution < 1.29 is 14.3 Å². The number of carbonyl (C=O) groups is 1. The number of carbonyl (C=O) groups excluding carboxylic acids is 1. The smallest absolute Gasteiger partial charge is 0.233 e. The van der Waals surface area contributed by atoms with Crippen molar-refractivity contribution in [2.45, 2.75) is 65.2 Å². The van der Waals surface area contributed by atoms with Gasteiger partial charge in [0.25, 0.3) is 0 Å². The average molecular weight is 334 g/mol. The van der Waals surface area contributed by atoms with Crippen LogP contribution in [0.25, 0.3) is 0 Å². The lowest BCUT2D eigenvalue weighted by molar-refractivity contribution is -0.119. The van der Waals surface area contributed by atoms with Crippen LogP contribution in [-0.4, -0.2) is 36.2 Å². The van der Waals surface area contributed by atoms with Crippen LogP contribution in [0, 0.1) is 5.92 Å². The molecular formula is C16H35N2O3P. The van der Waals surface area contributed by atoms with Crippen molar-refractivity contribution in [3.05, 3.63) is 0 Å². The number of hydrogen-bond acceptors (Lipinski definition) is 3. The van der Waals surface area contributed by atoms with E-state index in [1.54, 1.807) is 0 Å². The lowest BCUT2D eigenvalue weighted by atomic mass is 9.91. The summed E-state index contributed by atoms with van der Waals surface area (Å²) in [5.74, 6) is 0.211. The van der Waals surface area contributed by atoms with E-state index < -0.39 is 7.37 Å². The molecule has 0 saturated heterocycles. The molecule has 4 N–H and O–H groups in total. The number of amides is 1. The van der Waals surface area contributed by atoms with Gasteiger partial charge in [0.05, 0.1) is 6.54 Å². The average Bonchev–Trinajstić information content (AvgIpc) is 2.52. The van der Waals surface area contributed by atoms with Gasteiger partial charge in [0, 0.05) is 18.9 Å². The Morgan fingerprint density at radius 3 is 2.32 bits per heavy atom. The zero-order valence-corrected chi connectivity index (χ0v) is 15.2. The second kappa shape index (κ2) is 13.1. The first-order valence-corrected chi connectivity index (χ1v) is 10.8. The molecule has 0 aliphatic heterocycles. The van der Waals surface area contributed by atoms with E-state index in [9.17, 15) is 14.3 Å². The standard InChI is InChI=1S/C12H25N2O3P.C4H10/c13-9-12(15)14-7-4-8-18(16,17)10-11-5-2-1-3-6-11;1-3-4-2/h11H,1-10,13H2,(H,14,15)(H,16,17);3-4H2,1-2H3. The summed E-state index contributed by atoms with van der Waals surface area (Å²) in [5.41, 5.74) is 5.15. The predicted octanol–water partition coefficient (Wildman–Crippen LogP) is 3.11. The van der Waals surface area contributed by atoms with E-state index in [0.717, 1.165) is 12.8 Å². The van der Waals surface area contributed by atoms with Crippen molar-refractivity contribution in [2.24, 2.45) is 11.7 Å². The minimum Gasteiger partial charge on any atom is -0.355 e. The lowest BCUT2D eigenvalue weighted by Crippen LogP contribution is -2.31. The number of rotatable bonds is 8. The van der Waals surface area contributed by atoms with Crippen molar-refractivity contribution in [1.29, 1.82) is 0 Å². The Morgan fingerprint density at radius 2 is 1.82 bits per heavy atom. The fourth-order valence-electron chi connectivity index (χ4n) is 2.49. The quantitative estimate of drug-likeness (QED) is 0.470. The SMILES string of the molecule is CCCC.NCC(=O)NCCCP(=O)(O)CC1CCCCC1. The Morgan fingerprint density at radius 1 is 1.23 bits per heavy atom. The Hall–Kier alpha value is -0.380. The molecule has 1 fully saturated rings. The maximum absolute atomic E-state index is 12.0. The number of nitrogens with two attached hydrogens (primary N) is 1. The van der Waals surface area contributed by atoms with E-state index in [1.807, 2.05) is 0 Å². The summed E-state index contributed by atoms with van der Waals surface area (Å²) in [6, 6.07) is 0. The van der Waals surface area contributed by atoms with Crippen LogP contribution in [0.1, 0.15) is 65.2 Å². The van der Waals surface area contributed by atoms with Gasteiger partial charge in [-0.25, -0.2) is 0 Å². The van der Waals surface area contributed by atoms with Gasteiger partial charge in [-0.3, -0.25) is 9.36 Å². The van der Waals surface area contributed by atoms with Crippen molar-refractivity contribution in [2.75, 3.05) is 25.4 Å². The molecule has 0 aromatic carbocycles. The fourth-order valence-corrected chi connectivity index (χ4v) is 4.50. The minimum absolute atomic E-state index is 0.0289. The van der Waals surface area contributed by atoms with Crippen LogP contribution in [0.15, 0.2) is 0 Å². The summed E-state index contributed by atoms with van der Waals surface area (Å²) in [4.78, 5) is 20.8. The molecular weight excluding hydrogens is 299 g/mol. The van der Waals surface area contributed by atoms with Gasteiger partial charge >= 0.3 is 0 Å². The van der Waals surface area contributed by atoms with Gasteiger partial charge in [-0.15, -0.1) is 0 Å². The number of unbranched alkanes of at least 4 members (excludes halogenated alkanes) is 1. The van der Waals surface area contributed by atoms with E-state index in [2.05, 4.69) is 19.2 Å². The van der Waals surface area contributed by atoms with E-state index in [4.69, 9.17) is 5.73 Å². The number of hydrogen-bond donors (Lipinski definition) is 3. The van der Waals surface area contributed by atoms with Crippen LogP contribution in [0.3, 0.4) is 0 Å². The monoisotopic (exact) mass is 334 g/mol. The molecule has 0 heterocycles. The predicted molar refractivity (Wildman–Crippen MR) is 93.4 cm³/mol. The highest BCUT2D eigenvalue weighted by Crippen LogP contribution is 2.45. The topological polar surface area (TPSA) is 92.4 Å². The van der Waals surface area contributed by atoms with Crippen molar-refractivity contribution in [3.8, 4) is 0 Å². The molecule has 1 aliphatic rings. The van der Waals surface area contributed by atoms with Crippen LogP contribution >= 0.6 is 7.37 Å². The highest BCUT2D eigenvalue weighted by Gasteiger charge is 2.24. The van der Waals surface area contributed by atoms with Gasteiger partial charge in [-0.2, -0.15) is 0 Å². The van der Waals surface area contributed by atoms with Crippen LogP contribution in [0.2, 0.25) is 0 Å². The normalized spacial score (nSPS) is 18.0. The highest BCUT2D eigenvalue weighted by atomic mass is 31.2. The van der Waals surface area contributed by atoms with E-state index in [-0.39, 0.29) is 12.5 Å². The van der Waals surface area contributed by atoms with Crippen molar-refractivity contribution >= 4 is 13.3 Å². The Balaban J connectivity index is 0.000000980. The molecule has 1 aliphatic carbocycles. The molecule has 22 heavy (non-hydrogen) atoms. The second-order valence-corrected chi connectivity index (χ2v) is 8.67. The molecule has 5 nitrogen and oxygen atoms in total. The van der Waals surface area contributed by atoms with E-state index in [1.165, 1.54) is 32.1 Å². The first-order chi connectivity index (χ1) is 10.4. The molecule has 6 heteroatoms. The van der Waals surface area contributed by atoms with Gasteiger partial charge in [0.15, 0.2) is 0 Å². The molecule has 1 unspecified atom stereocenters. The van der Waals surface area contributed by atoms with Crippen LogP contribution in [0.4, 0.5) is 0 Å². The molecule has 0 aromatic heterocycles. The third-order valence-electron chi connectivity index (χ3n) is 3.96. The maximum atomic E-state index is 12.0. The Bertz CT molecular complexity index is 329. The highest BCUT2D eigenvalue weighted by molar-refractivity contribution is 7.57. The summed E-state index contributed by atoms with van der Waals surface area (Å²) in [6.07, 6.45) is 9.77. The van der Waals surface area contributed by atoms with Gasteiger partial charge in [0.1, 0.15) is 0 Å². The first-order valence-electron chi connectivity index (χ1n) is 8.72. The maximum Gasteiger partial charge on any atom is 0.233 e. The van der Waals surface area contributed by atoms with E-state index >= 15 is 0 Å². The van der Waals surface area contributed by atoms with Crippen molar-refractivity contribution in [3.63, 3.8) is 0 Å². The summed E-state index contributed by atoms with van der Waals surface area (Å²) in [5, 5.41) is 2.61. The third-order valence-corrected chi connectivity index (χ3v) is 6.06. The summed E-state index contributed by atoms with van der Waals surface area (Å²) >= 11 is 0. The largest absolute Gasteiger partial charge is 0.355 e. The van der Waals surface area contributed by atoms with Gasteiger partial charge in [-0.1, -0.05) is 46.0 Å². The third kappa shape index (κ3) is 12.2. The molecule has 0 bridgehead atoms. The first kappa shape index (κ1) is 21.6. The molecule has 0 radical (unpaired) electrons. The summed E-state index contributed by atoms with van der Waals surface area (Å²) in [7, 11) is -3.01. The van der Waals surface area contributed by atoms with Gasteiger partial charge in [0.2, 0.25) is 13.3 Å². The molecule has 1 saturated carbocycles. The number of nitrogens with one attached hydrogen (secondary N) is 1. The molecule has 132 valence electrons. The van der Waals surface area contributed by atoms with E-state index in [0.29, 0.717) is 31.2 Å². The molecule has 0 spiro atoms. The Labute approximate surface area is 135 Å². The van der Waals surface area contributed by atoms with Crippen LogP contribution < -0.4 is 11.1 Å². The zero-order chi connectivity index (χ0) is 16.8. The van der Waals surface area contributed by atoms with Gasteiger partial charge in [-0.05, 0) is 25.2 Å². The summed E-state index contributed by atoms with van der Waals surface area (Å²) < 4.78 is 12.0. The lowest BCUT2D eigenvalue weighted by Gasteiger charge is -2.24. The molecule has 1 atom stereocenters. The summed E-state index contributed by atoms with van der Waals surface area (Å²) in [6.45, 7) is 4.77. The van der Waals surface area contributed by atoms with Crippen LogP contribution in [0.5, 0.6) is 0 Å². The second-order valence-electron chi connectivity index (χ2n) is 6.16. The van der Waals surface area contributed by atoms with Crippen molar-refractivity contribution in [1.82, 2.24) is 5.32 Å². The fraction of sp³-hybridized carbons (Fsp3) is 0.938. The van der Waals surface area contributed by atoms with Gasteiger partial charge < -0.3 is 15.9 Å². The molecule has 0 aromatic rings. The minimum atomic E-state index is -3.01. The molecule has 1 rings (SSSR count). The zero-order valence-electron chi connectivity index (χ0n) is 14.4.